The van der Waals surface area contributed by atoms with Crippen LogP contribution in [0.3, 0.4) is 0 Å². The highest BCUT2D eigenvalue weighted by Gasteiger charge is 2.40. The van der Waals surface area contributed by atoms with Gasteiger partial charge in [-0.3, -0.25) is 0 Å². The largest absolute Gasteiger partial charge is 0.380 e. The molecule has 2 aromatic carbocycles. The van der Waals surface area contributed by atoms with Crippen LogP contribution in [0.1, 0.15) is 42.0 Å². The lowest BCUT2D eigenvalue weighted by atomic mass is 10.0. The van der Waals surface area contributed by atoms with E-state index in [1.807, 2.05) is 54.2 Å². The van der Waals surface area contributed by atoms with Gasteiger partial charge in [-0.15, -0.1) is 11.8 Å². The lowest BCUT2D eigenvalue weighted by molar-refractivity contribution is 0.0816. The van der Waals surface area contributed by atoms with E-state index in [0.29, 0.717) is 46.4 Å². The van der Waals surface area contributed by atoms with Crippen LogP contribution in [0.4, 0.5) is 0 Å². The number of aliphatic hydroxyl groups is 1. The maximum absolute atomic E-state index is 14.2. The van der Waals surface area contributed by atoms with Crippen LogP contribution in [-0.2, 0) is 21.5 Å². The van der Waals surface area contributed by atoms with E-state index in [1.165, 1.54) is 15.7 Å². The average Bonchev–Trinajstić information content (AvgIpc) is 3.57. The van der Waals surface area contributed by atoms with Gasteiger partial charge in [0.05, 0.1) is 28.2 Å². The summed E-state index contributed by atoms with van der Waals surface area (Å²) in [6.45, 7) is 11.3. The summed E-state index contributed by atoms with van der Waals surface area (Å²) in [4.78, 5) is 5.67. The number of ether oxygens (including phenoxy) is 1. The van der Waals surface area contributed by atoms with E-state index < -0.39 is 28.9 Å². The highest BCUT2D eigenvalue weighted by Crippen LogP contribution is 2.38. The van der Waals surface area contributed by atoms with Crippen LogP contribution in [0.15, 0.2) is 65.7 Å². The van der Waals surface area contributed by atoms with Gasteiger partial charge in [-0.1, -0.05) is 43.9 Å². The number of nitrogens with zero attached hydrogens (tertiary/aromatic N) is 4. The molecule has 4 aromatic rings. The Balaban J connectivity index is 1.60. The summed E-state index contributed by atoms with van der Waals surface area (Å²) in [6.07, 6.45) is 8.40. The van der Waals surface area contributed by atoms with Gasteiger partial charge in [0.25, 0.3) is 0 Å². The van der Waals surface area contributed by atoms with Gasteiger partial charge in [0.15, 0.2) is 0 Å². The molecule has 2 heterocycles. The monoisotopic (exact) mass is 634 g/mol. The number of aromatic nitrogens is 3. The minimum Gasteiger partial charge on any atom is -0.380 e. The van der Waals surface area contributed by atoms with Gasteiger partial charge >= 0.3 is 0 Å². The van der Waals surface area contributed by atoms with Gasteiger partial charge in [-0.2, -0.15) is 5.26 Å². The minimum absolute atomic E-state index is 0.194. The molecule has 0 fully saturated rings. The predicted octanol–water partition coefficient (Wildman–Crippen LogP) is 6.71. The third-order valence-electron chi connectivity index (χ3n) is 8.05. The van der Waals surface area contributed by atoms with Crippen molar-refractivity contribution in [2.45, 2.75) is 63.5 Å². The molecule has 0 radical (unpaired) electrons. The summed E-state index contributed by atoms with van der Waals surface area (Å²) in [5.74, 6) is 0.371. The fourth-order valence-corrected chi connectivity index (χ4v) is 8.62. The molecule has 0 amide bonds. The Morgan fingerprint density at radius 3 is 2.70 bits per heavy atom. The van der Waals surface area contributed by atoms with Crippen molar-refractivity contribution < 1.29 is 18.3 Å². The standard InChI is InChI=1S/C32H38N4O4S2Si/c1-22-9-11-26(25-13-15-36(29(22)25)42(38,39)32(2)14-7-8-24(19-32)41-3)30(37)31-34-27-18-23(20-33)10-12-28(27)35(31)21-40-16-17-43(4,5)6/h7-13,15,18-19,30,37H,14,16-17,21H2,1-6H3. The Bertz CT molecular complexity index is 1910. The van der Waals surface area contributed by atoms with Gasteiger partial charge in [-0.25, -0.2) is 17.4 Å². The molecule has 1 aliphatic carbocycles. The molecule has 5 rings (SSSR count). The van der Waals surface area contributed by atoms with Crippen LogP contribution >= 0.6 is 11.8 Å². The molecular formula is C32H38N4O4S2Si. The second-order valence-corrected chi connectivity index (χ2v) is 21.3. The summed E-state index contributed by atoms with van der Waals surface area (Å²) in [5, 5.41) is 22.0. The van der Waals surface area contributed by atoms with Crippen LogP contribution in [0.2, 0.25) is 25.7 Å². The van der Waals surface area contributed by atoms with Crippen molar-refractivity contribution in [1.29, 1.82) is 5.26 Å². The maximum atomic E-state index is 14.2. The third kappa shape index (κ3) is 5.87. The lowest BCUT2D eigenvalue weighted by Gasteiger charge is -2.29. The Labute approximate surface area is 258 Å². The molecule has 0 aliphatic heterocycles. The van der Waals surface area contributed by atoms with E-state index in [2.05, 4.69) is 25.7 Å². The first kappa shape index (κ1) is 31.3. The molecule has 11 heteroatoms. The molecule has 1 aliphatic rings. The van der Waals surface area contributed by atoms with Crippen molar-refractivity contribution in [3.05, 3.63) is 88.2 Å². The first-order valence-electron chi connectivity index (χ1n) is 14.2. The van der Waals surface area contributed by atoms with E-state index in [4.69, 9.17) is 9.72 Å². The number of hydrogen-bond acceptors (Lipinski definition) is 7. The third-order valence-corrected chi connectivity index (χ3v) is 12.8. The normalized spacial score (nSPS) is 18.2. The SMILES string of the molecule is CSC1=CC(C)(S(=O)(=O)n2ccc3c(C(O)c4nc5cc(C#N)ccc5n4COCC[Si](C)(C)C)ccc(C)c32)CC=C1. The molecule has 1 N–H and O–H groups in total. The molecular weight excluding hydrogens is 597 g/mol. The molecule has 2 unspecified atom stereocenters. The number of benzene rings is 2. The van der Waals surface area contributed by atoms with Gasteiger partial charge in [0, 0.05) is 31.2 Å². The minimum atomic E-state index is -3.86. The number of aryl methyl sites for hydroxylation is 1. The van der Waals surface area contributed by atoms with Crippen molar-refractivity contribution in [2.24, 2.45) is 0 Å². The number of fused-ring (bicyclic) bond motifs is 2. The molecule has 0 saturated carbocycles. The van der Waals surface area contributed by atoms with Crippen LogP contribution in [0, 0.1) is 18.3 Å². The summed E-state index contributed by atoms with van der Waals surface area (Å²) < 4.78 is 36.5. The van der Waals surface area contributed by atoms with Gasteiger partial charge in [0.1, 0.15) is 23.4 Å². The average molecular weight is 635 g/mol. The van der Waals surface area contributed by atoms with Crippen LogP contribution < -0.4 is 0 Å². The van der Waals surface area contributed by atoms with Crippen molar-refractivity contribution in [3.8, 4) is 6.07 Å². The zero-order valence-electron chi connectivity index (χ0n) is 25.5. The van der Waals surface area contributed by atoms with E-state index in [1.54, 1.807) is 31.3 Å². The number of thioether (sulfide) groups is 1. The van der Waals surface area contributed by atoms with E-state index in [-0.39, 0.29) is 6.73 Å². The number of hydrogen-bond donors (Lipinski definition) is 1. The smallest absolute Gasteiger partial charge is 0.248 e. The van der Waals surface area contributed by atoms with E-state index >= 15 is 0 Å². The first-order valence-corrected chi connectivity index (χ1v) is 20.6. The molecule has 43 heavy (non-hydrogen) atoms. The van der Waals surface area contributed by atoms with Crippen molar-refractivity contribution in [1.82, 2.24) is 13.5 Å². The Morgan fingerprint density at radius 2 is 2.00 bits per heavy atom. The predicted molar refractivity (Wildman–Crippen MR) is 177 cm³/mol. The van der Waals surface area contributed by atoms with E-state index in [9.17, 15) is 18.8 Å². The van der Waals surface area contributed by atoms with Crippen molar-refractivity contribution in [3.63, 3.8) is 0 Å². The quantitative estimate of drug-likeness (QED) is 0.153. The Kier molecular flexibility index (Phi) is 8.55. The van der Waals surface area contributed by atoms with Crippen LogP contribution in [0.25, 0.3) is 21.9 Å². The Morgan fingerprint density at radius 1 is 1.23 bits per heavy atom. The fraction of sp³-hybridized carbons (Fsp3) is 0.375. The molecule has 8 nitrogen and oxygen atoms in total. The van der Waals surface area contributed by atoms with E-state index in [0.717, 1.165) is 22.0 Å². The highest BCUT2D eigenvalue weighted by atomic mass is 32.2. The van der Waals surface area contributed by atoms with Crippen LogP contribution in [0.5, 0.6) is 0 Å². The first-order chi connectivity index (χ1) is 20.3. The molecule has 2 aromatic heterocycles. The summed E-state index contributed by atoms with van der Waals surface area (Å²) in [7, 11) is -5.16. The molecule has 2 atom stereocenters. The van der Waals surface area contributed by atoms with Gasteiger partial charge in [-0.05, 0) is 74.0 Å². The number of allylic oxidation sites excluding steroid dienone is 2. The number of imidazole rings is 1. The van der Waals surface area contributed by atoms with Gasteiger partial charge < -0.3 is 14.4 Å². The van der Waals surface area contributed by atoms with Crippen molar-refractivity contribution in [2.75, 3.05) is 12.9 Å². The number of rotatable bonds is 10. The summed E-state index contributed by atoms with van der Waals surface area (Å²) >= 11 is 1.52. The maximum Gasteiger partial charge on any atom is 0.248 e. The van der Waals surface area contributed by atoms with Gasteiger partial charge in [0.2, 0.25) is 10.0 Å². The number of nitriles is 1. The van der Waals surface area contributed by atoms with Crippen LogP contribution in [-0.4, -0.2) is 52.7 Å². The number of aliphatic hydroxyl groups excluding tert-OH is 1. The zero-order valence-corrected chi connectivity index (χ0v) is 28.1. The summed E-state index contributed by atoms with van der Waals surface area (Å²) in [6, 6.07) is 13.8. The highest BCUT2D eigenvalue weighted by molar-refractivity contribution is 8.02. The molecule has 226 valence electrons. The topological polar surface area (TPSA) is 110 Å². The lowest BCUT2D eigenvalue weighted by Crippen LogP contribution is -2.38. The molecule has 0 bridgehead atoms. The summed E-state index contributed by atoms with van der Waals surface area (Å²) in [5.41, 5.74) is 3.67. The second-order valence-electron chi connectivity index (χ2n) is 12.5. The molecule has 0 saturated heterocycles. The zero-order chi connectivity index (χ0) is 31.2. The second kappa shape index (κ2) is 11.7. The molecule has 0 spiro atoms. The van der Waals surface area contributed by atoms with Crippen molar-refractivity contribution >= 4 is 51.8 Å². The Hall–Kier alpha value is -3.14. The fourth-order valence-electron chi connectivity index (χ4n) is 5.44.